The summed E-state index contributed by atoms with van der Waals surface area (Å²) >= 11 is 3.43. The second kappa shape index (κ2) is 5.37. The minimum Gasteiger partial charge on any atom is -0.508 e. The number of ketones is 1. The zero-order chi connectivity index (χ0) is 15.0. The molecule has 3 nitrogen and oxygen atoms in total. The summed E-state index contributed by atoms with van der Waals surface area (Å²) in [6, 6.07) is 10.7. The van der Waals surface area contributed by atoms with Crippen molar-refractivity contribution in [2.45, 2.75) is 6.42 Å². The molecule has 2 aromatic carbocycles. The van der Waals surface area contributed by atoms with Crippen LogP contribution in [0.3, 0.4) is 0 Å². The Morgan fingerprint density at radius 3 is 2.76 bits per heavy atom. The Morgan fingerprint density at radius 1 is 1.29 bits per heavy atom. The first kappa shape index (κ1) is 13.9. The molecule has 21 heavy (non-hydrogen) atoms. The van der Waals surface area contributed by atoms with E-state index in [2.05, 4.69) is 15.9 Å². The number of halogens is 1. The van der Waals surface area contributed by atoms with Gasteiger partial charge in [-0.1, -0.05) is 18.2 Å². The number of Topliss-reactive ketones (excluding diaryl/α,β-unsaturated/α-hetero) is 1. The first-order valence-corrected chi connectivity index (χ1v) is 7.29. The Hall–Kier alpha value is -2.07. The van der Waals surface area contributed by atoms with E-state index in [-0.39, 0.29) is 11.5 Å². The number of fused-ring (bicyclic) bond motifs is 1. The van der Waals surface area contributed by atoms with Gasteiger partial charge < -0.3 is 9.84 Å². The van der Waals surface area contributed by atoms with Gasteiger partial charge >= 0.3 is 0 Å². The molecule has 0 aliphatic heterocycles. The molecule has 0 heterocycles. The summed E-state index contributed by atoms with van der Waals surface area (Å²) in [5, 5.41) is 9.84. The van der Waals surface area contributed by atoms with E-state index >= 15 is 0 Å². The molecule has 0 spiro atoms. The van der Waals surface area contributed by atoms with Crippen molar-refractivity contribution in [1.29, 1.82) is 0 Å². The average molecular weight is 345 g/mol. The third-order valence-corrected chi connectivity index (χ3v) is 4.19. The molecular formula is C17H13BrO3. The minimum absolute atomic E-state index is 0.0205. The highest BCUT2D eigenvalue weighted by atomic mass is 79.9. The number of phenolic OH excluding ortho intramolecular Hbond substituents is 1. The maximum absolute atomic E-state index is 12.3. The van der Waals surface area contributed by atoms with Crippen molar-refractivity contribution in [3.8, 4) is 11.5 Å². The topological polar surface area (TPSA) is 46.5 Å². The number of rotatable bonds is 2. The van der Waals surface area contributed by atoms with Gasteiger partial charge in [0.25, 0.3) is 0 Å². The summed E-state index contributed by atoms with van der Waals surface area (Å²) in [6.45, 7) is 0. The Kier molecular flexibility index (Phi) is 3.55. The smallest absolute Gasteiger partial charge is 0.189 e. The molecule has 2 aromatic rings. The van der Waals surface area contributed by atoms with Gasteiger partial charge in [0, 0.05) is 23.1 Å². The number of benzene rings is 2. The van der Waals surface area contributed by atoms with E-state index in [9.17, 15) is 9.90 Å². The van der Waals surface area contributed by atoms with Gasteiger partial charge in [0.05, 0.1) is 11.6 Å². The third-order valence-electron chi connectivity index (χ3n) is 3.57. The van der Waals surface area contributed by atoms with Crippen LogP contribution in [0.25, 0.3) is 6.08 Å². The Labute approximate surface area is 131 Å². The van der Waals surface area contributed by atoms with Crippen molar-refractivity contribution < 1.29 is 14.6 Å². The van der Waals surface area contributed by atoms with Crippen molar-refractivity contribution in [3.63, 3.8) is 0 Å². The highest BCUT2D eigenvalue weighted by molar-refractivity contribution is 9.10. The highest BCUT2D eigenvalue weighted by Gasteiger charge is 2.26. The lowest BCUT2D eigenvalue weighted by Gasteiger charge is -2.04. The van der Waals surface area contributed by atoms with Crippen molar-refractivity contribution in [3.05, 3.63) is 63.1 Å². The van der Waals surface area contributed by atoms with Gasteiger partial charge in [0.1, 0.15) is 11.5 Å². The lowest BCUT2D eigenvalue weighted by atomic mass is 10.1. The molecule has 0 saturated carbocycles. The second-order valence-electron chi connectivity index (χ2n) is 4.87. The van der Waals surface area contributed by atoms with Gasteiger partial charge in [-0.3, -0.25) is 4.79 Å². The van der Waals surface area contributed by atoms with Crippen molar-refractivity contribution in [2.24, 2.45) is 0 Å². The van der Waals surface area contributed by atoms with Crippen molar-refractivity contribution in [1.82, 2.24) is 0 Å². The van der Waals surface area contributed by atoms with Crippen LogP contribution in [0, 0.1) is 0 Å². The number of methoxy groups -OCH3 is 1. The number of carbonyl (C=O) groups is 1. The molecule has 3 rings (SSSR count). The molecule has 0 unspecified atom stereocenters. The van der Waals surface area contributed by atoms with E-state index < -0.39 is 0 Å². The summed E-state index contributed by atoms with van der Waals surface area (Å²) < 4.78 is 6.03. The molecule has 0 aromatic heterocycles. The monoisotopic (exact) mass is 344 g/mol. The number of hydrogen-bond donors (Lipinski definition) is 1. The van der Waals surface area contributed by atoms with Crippen LogP contribution in [-0.4, -0.2) is 18.0 Å². The number of ether oxygens (including phenoxy) is 1. The number of phenols is 1. The summed E-state index contributed by atoms with van der Waals surface area (Å²) in [4.78, 5) is 12.3. The van der Waals surface area contributed by atoms with Crippen LogP contribution >= 0.6 is 15.9 Å². The molecule has 0 atom stereocenters. The molecule has 0 radical (unpaired) electrons. The lowest BCUT2D eigenvalue weighted by Crippen LogP contribution is -1.95. The van der Waals surface area contributed by atoms with E-state index in [0.29, 0.717) is 23.1 Å². The number of carbonyl (C=O) groups excluding carboxylic acids is 1. The molecule has 1 aliphatic carbocycles. The minimum atomic E-state index is -0.0205. The van der Waals surface area contributed by atoms with Crippen LogP contribution in [0.2, 0.25) is 0 Å². The zero-order valence-electron chi connectivity index (χ0n) is 11.4. The van der Waals surface area contributed by atoms with E-state index in [4.69, 9.17) is 4.74 Å². The highest BCUT2D eigenvalue weighted by Crippen LogP contribution is 2.34. The van der Waals surface area contributed by atoms with Crippen LogP contribution < -0.4 is 4.74 Å². The fourth-order valence-electron chi connectivity index (χ4n) is 2.51. The molecule has 4 heteroatoms. The first-order chi connectivity index (χ1) is 10.1. The van der Waals surface area contributed by atoms with Gasteiger partial charge in [-0.25, -0.2) is 0 Å². The first-order valence-electron chi connectivity index (χ1n) is 6.50. The van der Waals surface area contributed by atoms with Crippen LogP contribution in [0.15, 0.2) is 46.4 Å². The molecule has 106 valence electrons. The lowest BCUT2D eigenvalue weighted by molar-refractivity contribution is 0.104. The van der Waals surface area contributed by atoms with Crippen LogP contribution in [0.4, 0.5) is 0 Å². The van der Waals surface area contributed by atoms with Crippen molar-refractivity contribution >= 4 is 27.8 Å². The summed E-state index contributed by atoms with van der Waals surface area (Å²) in [6.07, 6.45) is 2.32. The van der Waals surface area contributed by atoms with Gasteiger partial charge in [-0.15, -0.1) is 0 Å². The average Bonchev–Trinajstić information content (AvgIpc) is 2.78. The summed E-state index contributed by atoms with van der Waals surface area (Å²) in [5.74, 6) is 0.906. The van der Waals surface area contributed by atoms with Gasteiger partial charge in [0.15, 0.2) is 5.78 Å². The maximum atomic E-state index is 12.3. The molecule has 0 amide bonds. The molecule has 1 aliphatic rings. The van der Waals surface area contributed by atoms with Crippen LogP contribution in [-0.2, 0) is 6.42 Å². The van der Waals surface area contributed by atoms with Crippen LogP contribution in [0.5, 0.6) is 11.5 Å². The molecule has 0 fully saturated rings. The SMILES string of the molecule is COc1ccc(/C=C2\Cc3c(O)cccc3C2=O)cc1Br. The van der Waals surface area contributed by atoms with Gasteiger partial charge in [-0.05, 0) is 45.8 Å². The summed E-state index contributed by atoms with van der Waals surface area (Å²) in [5.41, 5.74) is 2.90. The zero-order valence-corrected chi connectivity index (χ0v) is 13.0. The largest absolute Gasteiger partial charge is 0.508 e. The predicted octanol–water partition coefficient (Wildman–Crippen LogP) is 3.99. The van der Waals surface area contributed by atoms with E-state index in [1.807, 2.05) is 24.3 Å². The number of allylic oxidation sites excluding steroid dienone is 1. The quantitative estimate of drug-likeness (QED) is 0.838. The normalized spacial score (nSPS) is 15.3. The Bertz CT molecular complexity index is 763. The second-order valence-corrected chi connectivity index (χ2v) is 5.73. The molecule has 1 N–H and O–H groups in total. The molecule has 0 saturated heterocycles. The van der Waals surface area contributed by atoms with Gasteiger partial charge in [0.2, 0.25) is 0 Å². The fourth-order valence-corrected chi connectivity index (χ4v) is 3.07. The fraction of sp³-hybridized carbons (Fsp3) is 0.118. The van der Waals surface area contributed by atoms with Crippen LogP contribution in [0.1, 0.15) is 21.5 Å². The third kappa shape index (κ3) is 2.47. The molecular weight excluding hydrogens is 332 g/mol. The Balaban J connectivity index is 1.98. The summed E-state index contributed by atoms with van der Waals surface area (Å²) in [7, 11) is 1.61. The number of aromatic hydroxyl groups is 1. The van der Waals surface area contributed by atoms with E-state index in [0.717, 1.165) is 15.8 Å². The maximum Gasteiger partial charge on any atom is 0.189 e. The van der Waals surface area contributed by atoms with Gasteiger partial charge in [-0.2, -0.15) is 0 Å². The van der Waals surface area contributed by atoms with Crippen molar-refractivity contribution in [2.75, 3.05) is 7.11 Å². The standard InChI is InChI=1S/C17H13BrO3/c1-21-16-6-5-10(8-14(16)18)7-11-9-13-12(17(11)20)3-2-4-15(13)19/h2-8,19H,9H2,1H3/b11-7+. The van der Waals surface area contributed by atoms with E-state index in [1.165, 1.54) is 0 Å². The predicted molar refractivity (Wildman–Crippen MR) is 84.8 cm³/mol. The number of hydrogen-bond acceptors (Lipinski definition) is 3. The molecule has 0 bridgehead atoms. The Morgan fingerprint density at radius 2 is 2.10 bits per heavy atom. The van der Waals surface area contributed by atoms with E-state index in [1.54, 1.807) is 25.3 Å².